The fourth-order valence-corrected chi connectivity index (χ4v) is 9.37. The molecule has 0 fully saturated rings. The number of hydrogen-bond acceptors (Lipinski definition) is 1. The van der Waals surface area contributed by atoms with E-state index in [-0.39, 0.29) is 0 Å². The molecular weight excluding hydrogens is 773 g/mol. The van der Waals surface area contributed by atoms with Crippen LogP contribution in [0, 0.1) is 0 Å². The molecule has 0 spiro atoms. The molecule has 0 aliphatic carbocycles. The van der Waals surface area contributed by atoms with Crippen molar-refractivity contribution < 1.29 is 0 Å². The molecule has 10 aromatic carbocycles. The predicted molar refractivity (Wildman–Crippen MR) is 270 cm³/mol. The molecule has 1 heterocycles. The number of nitrogens with zero attached hydrogens (tertiary/aromatic N) is 2. The second kappa shape index (κ2) is 17.3. The fourth-order valence-electron chi connectivity index (χ4n) is 9.37. The topological polar surface area (TPSA) is 8.17 Å². The summed E-state index contributed by atoms with van der Waals surface area (Å²) in [6.45, 7) is 0. The highest BCUT2D eigenvalue weighted by Gasteiger charge is 2.19. The van der Waals surface area contributed by atoms with Crippen molar-refractivity contribution >= 4 is 38.9 Å². The molecule has 0 aliphatic heterocycles. The predicted octanol–water partition coefficient (Wildman–Crippen LogP) is 16.4. The Balaban J connectivity index is 1.03. The van der Waals surface area contributed by atoms with Gasteiger partial charge in [-0.1, -0.05) is 188 Å². The van der Waals surface area contributed by atoms with Gasteiger partial charge in [-0.25, -0.2) is 0 Å². The standard InChI is InChI=1S/C62H46N2/c1-5-17-45(18-6-1)41-51-23-13-14-26-57(51)59-44-56(39-33-52(59)42-46-19-7-2-8-20-46)63(54-35-29-48(30-36-54)47-21-9-3-10-22-47)55-37-31-49(32-38-55)50-34-40-62-60(43-50)58-27-15-16-28-61(58)64(62)53-24-11-4-12-25-53/h1-40,43-44H,41-42H2. The molecule has 0 atom stereocenters. The maximum Gasteiger partial charge on any atom is 0.0541 e. The lowest BCUT2D eigenvalue weighted by Crippen LogP contribution is -2.10. The molecule has 2 nitrogen and oxygen atoms in total. The van der Waals surface area contributed by atoms with Crippen molar-refractivity contribution in [3.63, 3.8) is 0 Å². The molecule has 304 valence electrons. The summed E-state index contributed by atoms with van der Waals surface area (Å²) in [4.78, 5) is 2.41. The highest BCUT2D eigenvalue weighted by molar-refractivity contribution is 6.10. The van der Waals surface area contributed by atoms with E-state index in [1.165, 1.54) is 83.1 Å². The number of rotatable bonds is 11. The van der Waals surface area contributed by atoms with E-state index in [9.17, 15) is 0 Å². The first-order chi connectivity index (χ1) is 31.7. The van der Waals surface area contributed by atoms with Gasteiger partial charge in [0.2, 0.25) is 0 Å². The van der Waals surface area contributed by atoms with Crippen LogP contribution in [0.15, 0.2) is 255 Å². The molecule has 0 saturated carbocycles. The summed E-state index contributed by atoms with van der Waals surface area (Å²) in [5, 5.41) is 2.50. The van der Waals surface area contributed by atoms with Crippen LogP contribution in [0.3, 0.4) is 0 Å². The van der Waals surface area contributed by atoms with E-state index in [4.69, 9.17) is 0 Å². The fraction of sp³-hybridized carbons (Fsp3) is 0.0323. The summed E-state index contributed by atoms with van der Waals surface area (Å²) in [5.74, 6) is 0. The van der Waals surface area contributed by atoms with Crippen LogP contribution in [-0.2, 0) is 12.8 Å². The Morgan fingerprint density at radius 3 is 1.42 bits per heavy atom. The third-order valence-corrected chi connectivity index (χ3v) is 12.5. The molecule has 64 heavy (non-hydrogen) atoms. The highest BCUT2D eigenvalue weighted by Crippen LogP contribution is 2.41. The molecule has 11 rings (SSSR count). The minimum Gasteiger partial charge on any atom is -0.310 e. The van der Waals surface area contributed by atoms with Gasteiger partial charge in [0.1, 0.15) is 0 Å². The summed E-state index contributed by atoms with van der Waals surface area (Å²) >= 11 is 0. The van der Waals surface area contributed by atoms with E-state index in [2.05, 4.69) is 264 Å². The largest absolute Gasteiger partial charge is 0.310 e. The van der Waals surface area contributed by atoms with E-state index in [0.717, 1.165) is 29.9 Å². The van der Waals surface area contributed by atoms with Gasteiger partial charge in [0.05, 0.1) is 11.0 Å². The summed E-state index contributed by atoms with van der Waals surface area (Å²) in [6, 6.07) is 92.7. The molecule has 0 unspecified atom stereocenters. The van der Waals surface area contributed by atoms with Crippen molar-refractivity contribution in [2.24, 2.45) is 0 Å². The lowest BCUT2D eigenvalue weighted by atomic mass is 9.89. The molecule has 0 bridgehead atoms. The number of para-hydroxylation sites is 2. The van der Waals surface area contributed by atoms with Gasteiger partial charge in [-0.15, -0.1) is 0 Å². The molecule has 0 aliphatic rings. The monoisotopic (exact) mass is 818 g/mol. The van der Waals surface area contributed by atoms with Crippen molar-refractivity contribution in [3.05, 3.63) is 277 Å². The summed E-state index contributed by atoms with van der Waals surface area (Å²) in [7, 11) is 0. The Kier molecular flexibility index (Phi) is 10.5. The van der Waals surface area contributed by atoms with Gasteiger partial charge < -0.3 is 9.47 Å². The van der Waals surface area contributed by atoms with E-state index < -0.39 is 0 Å². The number of aromatic nitrogens is 1. The SMILES string of the molecule is c1ccc(Cc2ccccc2-c2cc(N(c3ccc(-c4ccccc4)cc3)c3ccc(-c4ccc5c(c4)c4ccccc4n5-c4ccccc4)cc3)ccc2Cc2ccccc2)cc1. The lowest BCUT2D eigenvalue weighted by molar-refractivity contribution is 1.16. The molecule has 0 radical (unpaired) electrons. The van der Waals surface area contributed by atoms with E-state index in [1.54, 1.807) is 0 Å². The molecule has 0 N–H and O–H groups in total. The third kappa shape index (κ3) is 7.67. The van der Waals surface area contributed by atoms with Crippen LogP contribution >= 0.6 is 0 Å². The first-order valence-electron chi connectivity index (χ1n) is 22.2. The first-order valence-corrected chi connectivity index (χ1v) is 22.2. The van der Waals surface area contributed by atoms with Gasteiger partial charge in [-0.2, -0.15) is 0 Å². The van der Waals surface area contributed by atoms with Crippen LogP contribution in [0.1, 0.15) is 22.3 Å². The second-order valence-electron chi connectivity index (χ2n) is 16.5. The first kappa shape index (κ1) is 38.7. The Labute approximate surface area is 375 Å². The third-order valence-electron chi connectivity index (χ3n) is 12.5. The van der Waals surface area contributed by atoms with E-state index in [0.29, 0.717) is 0 Å². The van der Waals surface area contributed by atoms with Crippen LogP contribution in [-0.4, -0.2) is 4.57 Å². The van der Waals surface area contributed by atoms with Crippen molar-refractivity contribution in [1.29, 1.82) is 0 Å². The van der Waals surface area contributed by atoms with Gasteiger partial charge in [0.25, 0.3) is 0 Å². The molecule has 11 aromatic rings. The summed E-state index contributed by atoms with van der Waals surface area (Å²) in [5.41, 5.74) is 19.4. The quantitative estimate of drug-likeness (QED) is 0.126. The zero-order valence-corrected chi connectivity index (χ0v) is 35.6. The van der Waals surface area contributed by atoms with Crippen LogP contribution in [0.5, 0.6) is 0 Å². The van der Waals surface area contributed by atoms with Gasteiger partial charge in [0.15, 0.2) is 0 Å². The van der Waals surface area contributed by atoms with Crippen LogP contribution < -0.4 is 4.90 Å². The van der Waals surface area contributed by atoms with Crippen molar-refractivity contribution in [1.82, 2.24) is 4.57 Å². The van der Waals surface area contributed by atoms with Crippen molar-refractivity contribution in [3.8, 4) is 39.1 Å². The Morgan fingerprint density at radius 2 is 0.766 bits per heavy atom. The Hall–Kier alpha value is -8.20. The average molecular weight is 819 g/mol. The maximum atomic E-state index is 2.41. The molecule has 2 heteroatoms. The lowest BCUT2D eigenvalue weighted by Gasteiger charge is -2.27. The maximum absolute atomic E-state index is 2.41. The average Bonchev–Trinajstić information content (AvgIpc) is 3.70. The van der Waals surface area contributed by atoms with Gasteiger partial charge in [-0.05, 0) is 135 Å². The van der Waals surface area contributed by atoms with Gasteiger partial charge >= 0.3 is 0 Å². The summed E-state index contributed by atoms with van der Waals surface area (Å²) < 4.78 is 2.37. The molecular formula is C62H46N2. The minimum atomic E-state index is 0.838. The number of anilines is 3. The minimum absolute atomic E-state index is 0.838. The van der Waals surface area contributed by atoms with Crippen LogP contribution in [0.4, 0.5) is 17.1 Å². The Morgan fingerprint density at radius 1 is 0.297 bits per heavy atom. The second-order valence-corrected chi connectivity index (χ2v) is 16.5. The van der Waals surface area contributed by atoms with Crippen LogP contribution in [0.2, 0.25) is 0 Å². The molecule has 0 saturated heterocycles. The van der Waals surface area contributed by atoms with Gasteiger partial charge in [0, 0.05) is 33.5 Å². The van der Waals surface area contributed by atoms with E-state index in [1.807, 2.05) is 0 Å². The Bertz CT molecular complexity index is 3330. The normalized spacial score (nSPS) is 11.2. The van der Waals surface area contributed by atoms with Crippen LogP contribution in [0.25, 0.3) is 60.9 Å². The molecule has 0 amide bonds. The highest BCUT2D eigenvalue weighted by atomic mass is 15.1. The molecule has 1 aromatic heterocycles. The number of fused-ring (bicyclic) bond motifs is 3. The van der Waals surface area contributed by atoms with Gasteiger partial charge in [-0.3, -0.25) is 0 Å². The number of benzene rings is 10. The zero-order valence-electron chi connectivity index (χ0n) is 35.6. The smallest absolute Gasteiger partial charge is 0.0541 e. The number of hydrogen-bond donors (Lipinski definition) is 0. The summed E-state index contributed by atoms with van der Waals surface area (Å²) in [6.07, 6.45) is 1.70. The van der Waals surface area contributed by atoms with Crippen molar-refractivity contribution in [2.45, 2.75) is 12.8 Å². The van der Waals surface area contributed by atoms with Crippen molar-refractivity contribution in [2.75, 3.05) is 4.90 Å². The van der Waals surface area contributed by atoms with E-state index >= 15 is 0 Å². The zero-order chi connectivity index (χ0) is 42.7.